The van der Waals surface area contributed by atoms with Gasteiger partial charge in [-0.2, -0.15) is 5.10 Å². The fourth-order valence-electron chi connectivity index (χ4n) is 1.58. The molecule has 1 N–H and O–H groups in total. The SMILES string of the molecule is CNCc1ccc(OCc2ccc(OC)cc2)nn1. The smallest absolute Gasteiger partial charge is 0.233 e. The van der Waals surface area contributed by atoms with Crippen LogP contribution in [-0.2, 0) is 13.2 Å². The number of nitrogens with one attached hydrogen (secondary N) is 1. The van der Waals surface area contributed by atoms with Gasteiger partial charge in [-0.15, -0.1) is 5.10 Å². The summed E-state index contributed by atoms with van der Waals surface area (Å²) < 4.78 is 10.7. The average Bonchev–Trinajstić information content (AvgIpc) is 2.47. The number of nitrogens with zero attached hydrogens (tertiary/aromatic N) is 2. The number of aromatic nitrogens is 2. The number of ether oxygens (including phenoxy) is 2. The largest absolute Gasteiger partial charge is 0.497 e. The summed E-state index contributed by atoms with van der Waals surface area (Å²) in [4.78, 5) is 0. The van der Waals surface area contributed by atoms with Crippen LogP contribution >= 0.6 is 0 Å². The van der Waals surface area contributed by atoms with Gasteiger partial charge in [-0.3, -0.25) is 0 Å². The molecule has 0 spiro atoms. The van der Waals surface area contributed by atoms with Gasteiger partial charge in [-0.1, -0.05) is 12.1 Å². The standard InChI is InChI=1S/C14H17N3O2/c1-15-9-12-5-8-14(17-16-12)19-10-11-3-6-13(18-2)7-4-11/h3-8,15H,9-10H2,1-2H3. The van der Waals surface area contributed by atoms with Gasteiger partial charge in [-0.25, -0.2) is 0 Å². The second kappa shape index (κ2) is 6.70. The molecule has 0 amide bonds. The van der Waals surface area contributed by atoms with Gasteiger partial charge in [0.15, 0.2) is 0 Å². The normalized spacial score (nSPS) is 10.2. The van der Waals surface area contributed by atoms with E-state index in [1.54, 1.807) is 7.11 Å². The summed E-state index contributed by atoms with van der Waals surface area (Å²) in [6, 6.07) is 11.4. The van der Waals surface area contributed by atoms with Crippen LogP contribution in [0.1, 0.15) is 11.3 Å². The van der Waals surface area contributed by atoms with Crippen LogP contribution in [0.15, 0.2) is 36.4 Å². The molecule has 1 aromatic heterocycles. The van der Waals surface area contributed by atoms with Crippen LogP contribution in [0.2, 0.25) is 0 Å². The fraction of sp³-hybridized carbons (Fsp3) is 0.286. The molecule has 19 heavy (non-hydrogen) atoms. The number of hydrogen-bond acceptors (Lipinski definition) is 5. The molecule has 0 bridgehead atoms. The van der Waals surface area contributed by atoms with Crippen LogP contribution in [-0.4, -0.2) is 24.4 Å². The molecule has 0 aliphatic carbocycles. The monoisotopic (exact) mass is 259 g/mol. The molecule has 100 valence electrons. The zero-order valence-corrected chi connectivity index (χ0v) is 11.1. The second-order valence-corrected chi connectivity index (χ2v) is 4.03. The maximum Gasteiger partial charge on any atom is 0.233 e. The average molecular weight is 259 g/mol. The highest BCUT2D eigenvalue weighted by atomic mass is 16.5. The Morgan fingerprint density at radius 1 is 1.05 bits per heavy atom. The third-order valence-electron chi connectivity index (χ3n) is 2.60. The summed E-state index contributed by atoms with van der Waals surface area (Å²) in [6.45, 7) is 1.16. The Morgan fingerprint density at radius 2 is 1.84 bits per heavy atom. The number of hydrogen-bond donors (Lipinski definition) is 1. The molecule has 0 radical (unpaired) electrons. The highest BCUT2D eigenvalue weighted by molar-refractivity contribution is 5.27. The predicted molar refractivity (Wildman–Crippen MR) is 72.1 cm³/mol. The molecule has 5 nitrogen and oxygen atoms in total. The highest BCUT2D eigenvalue weighted by Crippen LogP contribution is 2.13. The summed E-state index contributed by atoms with van der Waals surface area (Å²) in [5.41, 5.74) is 1.95. The van der Waals surface area contributed by atoms with E-state index >= 15 is 0 Å². The van der Waals surface area contributed by atoms with Crippen molar-refractivity contribution in [2.75, 3.05) is 14.2 Å². The Morgan fingerprint density at radius 3 is 2.42 bits per heavy atom. The van der Waals surface area contributed by atoms with E-state index in [-0.39, 0.29) is 0 Å². The number of benzene rings is 1. The van der Waals surface area contributed by atoms with Gasteiger partial charge in [0.1, 0.15) is 12.4 Å². The van der Waals surface area contributed by atoms with Crippen LogP contribution in [0.25, 0.3) is 0 Å². The summed E-state index contributed by atoms with van der Waals surface area (Å²) in [5.74, 6) is 1.36. The minimum Gasteiger partial charge on any atom is -0.497 e. The molecule has 0 fully saturated rings. The van der Waals surface area contributed by atoms with Crippen molar-refractivity contribution < 1.29 is 9.47 Å². The van der Waals surface area contributed by atoms with Gasteiger partial charge in [0.2, 0.25) is 5.88 Å². The van der Waals surface area contributed by atoms with E-state index in [0.717, 1.165) is 17.0 Å². The minimum absolute atomic E-state index is 0.462. The quantitative estimate of drug-likeness (QED) is 0.857. The second-order valence-electron chi connectivity index (χ2n) is 4.03. The van der Waals surface area contributed by atoms with Gasteiger partial charge in [0.05, 0.1) is 12.8 Å². The molecular formula is C14H17N3O2. The number of methoxy groups -OCH3 is 1. The lowest BCUT2D eigenvalue weighted by Crippen LogP contribution is -2.08. The van der Waals surface area contributed by atoms with Crippen molar-refractivity contribution in [3.05, 3.63) is 47.7 Å². The zero-order valence-electron chi connectivity index (χ0n) is 11.1. The van der Waals surface area contributed by atoms with Crippen LogP contribution in [0, 0.1) is 0 Å². The summed E-state index contributed by atoms with van der Waals surface area (Å²) in [7, 11) is 3.52. The Hall–Kier alpha value is -2.14. The van der Waals surface area contributed by atoms with E-state index in [1.165, 1.54) is 0 Å². The van der Waals surface area contributed by atoms with Crippen molar-refractivity contribution >= 4 is 0 Å². The lowest BCUT2D eigenvalue weighted by atomic mass is 10.2. The summed E-state index contributed by atoms with van der Waals surface area (Å²) >= 11 is 0. The minimum atomic E-state index is 0.462. The van der Waals surface area contributed by atoms with Crippen LogP contribution < -0.4 is 14.8 Å². The molecule has 0 aliphatic rings. The molecule has 0 aliphatic heterocycles. The Bertz CT molecular complexity index is 497. The molecule has 1 aromatic carbocycles. The Kier molecular flexibility index (Phi) is 4.69. The molecule has 5 heteroatoms. The van der Waals surface area contributed by atoms with Gasteiger partial charge in [0, 0.05) is 12.6 Å². The van der Waals surface area contributed by atoms with Crippen LogP contribution in [0.4, 0.5) is 0 Å². The third kappa shape index (κ3) is 3.93. The molecule has 2 rings (SSSR count). The van der Waals surface area contributed by atoms with E-state index in [9.17, 15) is 0 Å². The molecular weight excluding hydrogens is 242 g/mol. The van der Waals surface area contributed by atoms with Crippen molar-refractivity contribution in [2.45, 2.75) is 13.2 Å². The first-order valence-corrected chi connectivity index (χ1v) is 6.05. The molecule has 0 atom stereocenters. The van der Waals surface area contributed by atoms with Gasteiger partial charge >= 0.3 is 0 Å². The maximum atomic E-state index is 5.56. The van der Waals surface area contributed by atoms with Crippen molar-refractivity contribution in [2.24, 2.45) is 0 Å². The van der Waals surface area contributed by atoms with Crippen molar-refractivity contribution in [3.63, 3.8) is 0 Å². The van der Waals surface area contributed by atoms with Gasteiger partial charge < -0.3 is 14.8 Å². The van der Waals surface area contributed by atoms with Gasteiger partial charge in [0.25, 0.3) is 0 Å². The first kappa shape index (κ1) is 13.3. The van der Waals surface area contributed by atoms with Crippen LogP contribution in [0.3, 0.4) is 0 Å². The first-order chi connectivity index (χ1) is 9.31. The van der Waals surface area contributed by atoms with Crippen molar-refractivity contribution in [1.29, 1.82) is 0 Å². The first-order valence-electron chi connectivity index (χ1n) is 6.05. The molecule has 0 unspecified atom stereocenters. The Balaban J connectivity index is 1.90. The van der Waals surface area contributed by atoms with E-state index in [2.05, 4.69) is 15.5 Å². The lowest BCUT2D eigenvalue weighted by molar-refractivity contribution is 0.289. The fourth-order valence-corrected chi connectivity index (χ4v) is 1.58. The summed E-state index contributed by atoms with van der Waals surface area (Å²) in [5, 5.41) is 11.1. The van der Waals surface area contributed by atoms with E-state index in [4.69, 9.17) is 9.47 Å². The molecule has 2 aromatic rings. The zero-order chi connectivity index (χ0) is 13.5. The number of rotatable bonds is 6. The van der Waals surface area contributed by atoms with Crippen molar-refractivity contribution in [1.82, 2.24) is 15.5 Å². The van der Waals surface area contributed by atoms with Crippen molar-refractivity contribution in [3.8, 4) is 11.6 Å². The Labute approximate surface area is 112 Å². The highest BCUT2D eigenvalue weighted by Gasteiger charge is 2.00. The van der Waals surface area contributed by atoms with Crippen LogP contribution in [0.5, 0.6) is 11.6 Å². The predicted octanol–water partition coefficient (Wildman–Crippen LogP) is 1.78. The third-order valence-corrected chi connectivity index (χ3v) is 2.60. The summed E-state index contributed by atoms with van der Waals surface area (Å²) in [6.07, 6.45) is 0. The topological polar surface area (TPSA) is 56.3 Å². The van der Waals surface area contributed by atoms with E-state index in [1.807, 2.05) is 43.4 Å². The molecule has 0 saturated carbocycles. The maximum absolute atomic E-state index is 5.56. The lowest BCUT2D eigenvalue weighted by Gasteiger charge is -2.06. The molecule has 1 heterocycles. The van der Waals surface area contributed by atoms with Gasteiger partial charge in [-0.05, 0) is 30.8 Å². The molecule has 0 saturated heterocycles. The van der Waals surface area contributed by atoms with E-state index < -0.39 is 0 Å². The van der Waals surface area contributed by atoms with E-state index in [0.29, 0.717) is 19.0 Å².